The van der Waals surface area contributed by atoms with E-state index in [1.807, 2.05) is 0 Å². The molecule has 35 heavy (non-hydrogen) atoms. The maximum Gasteiger partial charge on any atom is 0.349 e. The third-order valence-corrected chi connectivity index (χ3v) is 4.96. The van der Waals surface area contributed by atoms with E-state index in [2.05, 4.69) is 10.1 Å². The average Bonchev–Trinajstić information content (AvgIpc) is 2.84. The Morgan fingerprint density at radius 2 is 1.86 bits per heavy atom. The van der Waals surface area contributed by atoms with E-state index < -0.39 is 27.7 Å². The van der Waals surface area contributed by atoms with E-state index in [9.17, 15) is 24.1 Å². The highest BCUT2D eigenvalue weighted by Gasteiger charge is 2.23. The van der Waals surface area contributed by atoms with E-state index in [0.717, 1.165) is 6.21 Å². The number of rotatable bonds is 8. The monoisotopic (exact) mass is 478 g/mol. The van der Waals surface area contributed by atoms with Gasteiger partial charge < -0.3 is 14.5 Å². The molecule has 0 aliphatic carbocycles. The maximum atomic E-state index is 13.1. The van der Waals surface area contributed by atoms with Gasteiger partial charge in [-0.1, -0.05) is 24.3 Å². The number of hydrogen-bond donors (Lipinski definition) is 1. The van der Waals surface area contributed by atoms with Gasteiger partial charge in [-0.05, 0) is 42.8 Å². The normalized spacial score (nSPS) is 11.1. The molecule has 0 unspecified atom stereocenters. The molecule has 0 spiro atoms. The fourth-order valence-corrected chi connectivity index (χ4v) is 3.34. The Labute approximate surface area is 197 Å². The van der Waals surface area contributed by atoms with E-state index >= 15 is 0 Å². The zero-order valence-corrected chi connectivity index (χ0v) is 18.4. The SMILES string of the molecule is CCOc1cc(C=Nn2c(=O)[nH]c3ccccc3c2=O)cc([N+](=O)[O-])c1OCc1ccc(F)cc1. The van der Waals surface area contributed by atoms with Crippen LogP contribution in [0.3, 0.4) is 0 Å². The zero-order chi connectivity index (χ0) is 24.9. The number of halogens is 1. The van der Waals surface area contributed by atoms with Crippen molar-refractivity contribution in [2.75, 3.05) is 6.61 Å². The van der Waals surface area contributed by atoms with Crippen LogP contribution in [0.2, 0.25) is 0 Å². The lowest BCUT2D eigenvalue weighted by molar-refractivity contribution is -0.386. The van der Waals surface area contributed by atoms with Crippen LogP contribution in [0.1, 0.15) is 18.1 Å². The van der Waals surface area contributed by atoms with E-state index in [4.69, 9.17) is 9.47 Å². The van der Waals surface area contributed by atoms with Crippen molar-refractivity contribution >= 4 is 22.8 Å². The van der Waals surface area contributed by atoms with Gasteiger partial charge in [-0.15, -0.1) is 4.68 Å². The van der Waals surface area contributed by atoms with Gasteiger partial charge in [0.25, 0.3) is 5.56 Å². The van der Waals surface area contributed by atoms with Crippen molar-refractivity contribution in [1.82, 2.24) is 9.66 Å². The number of nitrogens with one attached hydrogen (secondary N) is 1. The molecule has 3 aromatic carbocycles. The van der Waals surface area contributed by atoms with Crippen LogP contribution in [-0.4, -0.2) is 27.4 Å². The standard InChI is InChI=1S/C24H19FN4O6/c1-2-34-21-12-16(13-26-28-23(30)18-5-3-4-6-19(18)27-24(28)31)11-20(29(32)33)22(21)35-14-15-7-9-17(25)10-8-15/h3-13H,2,14H2,1H3,(H,27,31). The summed E-state index contributed by atoms with van der Waals surface area (Å²) in [4.78, 5) is 38.7. The van der Waals surface area contributed by atoms with Gasteiger partial charge >= 0.3 is 11.4 Å². The minimum atomic E-state index is -0.760. The molecule has 4 aromatic rings. The summed E-state index contributed by atoms with van der Waals surface area (Å²) in [6.07, 6.45) is 1.14. The minimum Gasteiger partial charge on any atom is -0.490 e. The number of hydrogen-bond acceptors (Lipinski definition) is 7. The Morgan fingerprint density at radius 3 is 2.57 bits per heavy atom. The van der Waals surface area contributed by atoms with Crippen LogP contribution in [0.5, 0.6) is 11.5 Å². The van der Waals surface area contributed by atoms with Crippen molar-refractivity contribution in [3.63, 3.8) is 0 Å². The summed E-state index contributed by atoms with van der Waals surface area (Å²) in [5.41, 5.74) is -0.634. The molecule has 0 amide bonds. The largest absolute Gasteiger partial charge is 0.490 e. The topological polar surface area (TPSA) is 129 Å². The van der Waals surface area contributed by atoms with Gasteiger partial charge in [-0.3, -0.25) is 14.9 Å². The van der Waals surface area contributed by atoms with Gasteiger partial charge in [0, 0.05) is 11.6 Å². The Hall–Kier alpha value is -4.80. The Balaban J connectivity index is 1.72. The molecule has 1 N–H and O–H groups in total. The van der Waals surface area contributed by atoms with Gasteiger partial charge in [0.1, 0.15) is 12.4 Å². The molecule has 0 saturated heterocycles. The number of nitrogens with zero attached hydrogens (tertiary/aromatic N) is 3. The minimum absolute atomic E-state index is 0.0590. The van der Waals surface area contributed by atoms with Crippen molar-refractivity contribution in [1.29, 1.82) is 0 Å². The van der Waals surface area contributed by atoms with Gasteiger partial charge in [0.05, 0.1) is 28.6 Å². The summed E-state index contributed by atoms with van der Waals surface area (Å²) in [6.45, 7) is 1.83. The number of benzene rings is 3. The Bertz CT molecular complexity index is 1540. The van der Waals surface area contributed by atoms with Crippen molar-refractivity contribution < 1.29 is 18.8 Å². The number of fused-ring (bicyclic) bond motifs is 1. The molecular formula is C24H19FN4O6. The Morgan fingerprint density at radius 1 is 1.11 bits per heavy atom. The van der Waals surface area contributed by atoms with Crippen LogP contribution in [0, 0.1) is 15.9 Å². The summed E-state index contributed by atoms with van der Waals surface area (Å²) in [5.74, 6) is -0.452. The molecule has 1 aromatic heterocycles. The average molecular weight is 478 g/mol. The van der Waals surface area contributed by atoms with Crippen LogP contribution in [0.4, 0.5) is 10.1 Å². The first-order chi connectivity index (χ1) is 16.9. The number of para-hydroxylation sites is 1. The molecule has 178 valence electrons. The number of H-pyrrole nitrogens is 1. The number of nitro benzene ring substituents is 1. The maximum absolute atomic E-state index is 13.1. The molecule has 0 fully saturated rings. The quantitative estimate of drug-likeness (QED) is 0.234. The fraction of sp³-hybridized carbons (Fsp3) is 0.125. The number of nitro groups is 1. The predicted molar refractivity (Wildman–Crippen MR) is 127 cm³/mol. The molecule has 0 aliphatic heterocycles. The lowest BCUT2D eigenvalue weighted by atomic mass is 10.1. The molecule has 4 rings (SSSR count). The lowest BCUT2D eigenvalue weighted by Crippen LogP contribution is -2.32. The third-order valence-electron chi connectivity index (χ3n) is 4.96. The second kappa shape index (κ2) is 10.00. The Kier molecular flexibility index (Phi) is 6.67. The molecule has 0 saturated carbocycles. The molecule has 0 radical (unpaired) electrons. The summed E-state index contributed by atoms with van der Waals surface area (Å²) in [5, 5.41) is 16.0. The highest BCUT2D eigenvalue weighted by atomic mass is 19.1. The molecule has 10 nitrogen and oxygen atoms in total. The van der Waals surface area contributed by atoms with Crippen LogP contribution in [-0.2, 0) is 6.61 Å². The number of ether oxygens (including phenoxy) is 2. The van der Waals surface area contributed by atoms with Crippen molar-refractivity contribution in [2.45, 2.75) is 13.5 Å². The smallest absolute Gasteiger partial charge is 0.349 e. The highest BCUT2D eigenvalue weighted by Crippen LogP contribution is 2.38. The third kappa shape index (κ3) is 5.08. The molecule has 11 heteroatoms. The molecular weight excluding hydrogens is 459 g/mol. The van der Waals surface area contributed by atoms with Gasteiger partial charge in [-0.25, -0.2) is 9.18 Å². The van der Waals surface area contributed by atoms with Crippen LogP contribution in [0.15, 0.2) is 75.4 Å². The summed E-state index contributed by atoms with van der Waals surface area (Å²) in [7, 11) is 0. The summed E-state index contributed by atoms with van der Waals surface area (Å²) >= 11 is 0. The number of aromatic amines is 1. The first-order valence-corrected chi connectivity index (χ1v) is 10.5. The van der Waals surface area contributed by atoms with E-state index in [0.29, 0.717) is 15.8 Å². The van der Waals surface area contributed by atoms with Crippen molar-refractivity contribution in [3.8, 4) is 11.5 Å². The predicted octanol–water partition coefficient (Wildman–Crippen LogP) is 3.60. The van der Waals surface area contributed by atoms with Gasteiger partial charge in [0.15, 0.2) is 5.75 Å². The molecule has 0 atom stereocenters. The van der Waals surface area contributed by atoms with Gasteiger partial charge in [-0.2, -0.15) is 5.10 Å². The lowest BCUT2D eigenvalue weighted by Gasteiger charge is -2.13. The summed E-state index contributed by atoms with van der Waals surface area (Å²) in [6, 6.07) is 14.6. The van der Waals surface area contributed by atoms with Crippen LogP contribution < -0.4 is 20.7 Å². The van der Waals surface area contributed by atoms with Crippen LogP contribution in [0.25, 0.3) is 10.9 Å². The first-order valence-electron chi connectivity index (χ1n) is 10.5. The zero-order valence-electron chi connectivity index (χ0n) is 18.4. The van der Waals surface area contributed by atoms with Crippen molar-refractivity contribution in [2.24, 2.45) is 5.10 Å². The molecule has 0 aliphatic rings. The van der Waals surface area contributed by atoms with E-state index in [1.54, 1.807) is 31.2 Å². The fourth-order valence-electron chi connectivity index (χ4n) is 3.34. The van der Waals surface area contributed by atoms with Crippen molar-refractivity contribution in [3.05, 3.63) is 109 Å². The second-order valence-corrected chi connectivity index (χ2v) is 7.31. The highest BCUT2D eigenvalue weighted by molar-refractivity contribution is 5.83. The first kappa shape index (κ1) is 23.4. The summed E-state index contributed by atoms with van der Waals surface area (Å²) < 4.78 is 25.0. The number of aromatic nitrogens is 2. The van der Waals surface area contributed by atoms with Gasteiger partial charge in [0.2, 0.25) is 5.75 Å². The second-order valence-electron chi connectivity index (χ2n) is 7.31. The van der Waals surface area contributed by atoms with E-state index in [1.165, 1.54) is 36.4 Å². The van der Waals surface area contributed by atoms with Crippen LogP contribution >= 0.6 is 0 Å². The molecule has 0 bridgehead atoms. The van der Waals surface area contributed by atoms with E-state index in [-0.39, 0.29) is 35.7 Å². The molecule has 1 heterocycles.